The van der Waals surface area contributed by atoms with Crippen molar-refractivity contribution in [2.45, 2.75) is 56.9 Å². The third-order valence-corrected chi connectivity index (χ3v) is 12.7. The highest BCUT2D eigenvalue weighted by Crippen LogP contribution is 2.36. The first-order chi connectivity index (χ1) is 25.4. The van der Waals surface area contributed by atoms with Crippen molar-refractivity contribution in [2.24, 2.45) is 0 Å². The molecule has 8 rings (SSSR count). The van der Waals surface area contributed by atoms with Gasteiger partial charge in [0.25, 0.3) is 0 Å². The topological polar surface area (TPSA) is 62.8 Å². The fourth-order valence-corrected chi connectivity index (χ4v) is 9.61. The molecule has 6 aromatic rings. The van der Waals surface area contributed by atoms with Crippen LogP contribution < -0.4 is 10.1 Å². The summed E-state index contributed by atoms with van der Waals surface area (Å²) in [4.78, 5) is 14.6. The standard InChI is InChI=1S/C22H26N2O2S.C20H22IN3S/c1-3-25-18-8-6-7-16(15-18)21(26-17-11-13-24(2)14-12-17)22-23-19-9-4-5-10-20(19)27-22;1-24-11-9-16(10-12-24)22-19(14-5-4-6-15(21)13-14)20-23-17-7-2-3-8-18(17)25-20/h4-10,15,17,21H,3,11-14H2,1-2H3;2-8,13,16,19,22H,9-12H2,1H3. The van der Waals surface area contributed by atoms with E-state index in [1.165, 1.54) is 36.4 Å². The fraction of sp³-hybridized carbons (Fsp3) is 0.381. The Kier molecular flexibility index (Phi) is 12.9. The van der Waals surface area contributed by atoms with Crippen LogP contribution >= 0.6 is 45.3 Å². The summed E-state index contributed by atoms with van der Waals surface area (Å²) in [6, 6.07) is 34.5. The van der Waals surface area contributed by atoms with E-state index in [1.807, 2.05) is 36.5 Å². The zero-order valence-corrected chi connectivity index (χ0v) is 34.0. The van der Waals surface area contributed by atoms with Gasteiger partial charge in [0, 0.05) is 22.7 Å². The van der Waals surface area contributed by atoms with Gasteiger partial charge in [-0.2, -0.15) is 0 Å². The van der Waals surface area contributed by atoms with Crippen molar-refractivity contribution < 1.29 is 9.47 Å². The minimum atomic E-state index is -0.156. The monoisotopic (exact) mass is 845 g/mol. The third-order valence-electron chi connectivity index (χ3n) is 9.86. The SMILES string of the molecule is CCOc1cccc(C(OC2CCN(C)CC2)c2nc3ccccc3s2)c1.CN1CCC(NC(c2cccc(I)c2)c2nc3ccccc3s2)CC1. The Balaban J connectivity index is 0.000000162. The molecule has 0 saturated carbocycles. The van der Waals surface area contributed by atoms with Crippen molar-refractivity contribution in [2.75, 3.05) is 46.9 Å². The van der Waals surface area contributed by atoms with Crippen LogP contribution in [-0.2, 0) is 4.74 Å². The van der Waals surface area contributed by atoms with E-state index in [2.05, 4.69) is 131 Å². The number of thiazole rings is 2. The van der Waals surface area contributed by atoms with Crippen LogP contribution in [0, 0.1) is 3.57 Å². The number of fused-ring (bicyclic) bond motifs is 2. The molecule has 2 aromatic heterocycles. The van der Waals surface area contributed by atoms with Crippen molar-refractivity contribution >= 4 is 65.7 Å². The lowest BCUT2D eigenvalue weighted by molar-refractivity contribution is -0.0235. The van der Waals surface area contributed by atoms with Crippen molar-refractivity contribution in [3.63, 3.8) is 0 Å². The highest BCUT2D eigenvalue weighted by molar-refractivity contribution is 14.1. The number of halogens is 1. The molecule has 7 nitrogen and oxygen atoms in total. The second kappa shape index (κ2) is 17.9. The van der Waals surface area contributed by atoms with Gasteiger partial charge in [-0.15, -0.1) is 22.7 Å². The summed E-state index contributed by atoms with van der Waals surface area (Å²) in [7, 11) is 4.38. The van der Waals surface area contributed by atoms with Crippen LogP contribution in [0.25, 0.3) is 20.4 Å². The van der Waals surface area contributed by atoms with Crippen molar-refractivity contribution in [3.8, 4) is 5.75 Å². The molecule has 0 bridgehead atoms. The zero-order valence-electron chi connectivity index (χ0n) is 30.2. The lowest BCUT2D eigenvalue weighted by atomic mass is 10.0. The highest BCUT2D eigenvalue weighted by Gasteiger charge is 2.27. The lowest BCUT2D eigenvalue weighted by Crippen LogP contribution is -2.42. The van der Waals surface area contributed by atoms with E-state index in [9.17, 15) is 0 Å². The number of nitrogens with zero attached hydrogens (tertiary/aromatic N) is 4. The van der Waals surface area contributed by atoms with Gasteiger partial charge in [-0.1, -0.05) is 48.5 Å². The molecule has 4 aromatic carbocycles. The predicted octanol–water partition coefficient (Wildman–Crippen LogP) is 9.57. The molecular formula is C42H48IN5O2S2. The molecule has 2 unspecified atom stereocenters. The molecule has 0 aliphatic carbocycles. The van der Waals surface area contributed by atoms with Crippen LogP contribution in [0.4, 0.5) is 0 Å². The summed E-state index contributed by atoms with van der Waals surface area (Å²) in [5.41, 5.74) is 4.56. The maximum atomic E-state index is 6.64. The van der Waals surface area contributed by atoms with E-state index in [4.69, 9.17) is 19.4 Å². The molecule has 10 heteroatoms. The van der Waals surface area contributed by atoms with E-state index in [1.54, 1.807) is 11.3 Å². The second-order valence-corrected chi connectivity index (χ2v) is 17.2. The predicted molar refractivity (Wildman–Crippen MR) is 225 cm³/mol. The summed E-state index contributed by atoms with van der Waals surface area (Å²) in [5.74, 6) is 0.882. The number of benzene rings is 4. The van der Waals surface area contributed by atoms with Crippen LogP contribution in [0.2, 0.25) is 0 Å². The Morgan fingerprint density at radius 1 is 0.731 bits per heavy atom. The van der Waals surface area contributed by atoms with Gasteiger partial charge in [0.2, 0.25) is 0 Å². The molecule has 1 N–H and O–H groups in total. The quantitative estimate of drug-likeness (QED) is 0.138. The minimum Gasteiger partial charge on any atom is -0.494 e. The van der Waals surface area contributed by atoms with Gasteiger partial charge < -0.3 is 24.6 Å². The first-order valence-corrected chi connectivity index (χ1v) is 21.1. The maximum absolute atomic E-state index is 6.64. The Labute approximate surface area is 329 Å². The molecule has 0 amide bonds. The Morgan fingerprint density at radius 2 is 1.33 bits per heavy atom. The number of nitrogens with one attached hydrogen (secondary N) is 1. The Morgan fingerprint density at radius 3 is 1.98 bits per heavy atom. The highest BCUT2D eigenvalue weighted by atomic mass is 127. The number of piperidine rings is 2. The van der Waals surface area contributed by atoms with E-state index < -0.39 is 0 Å². The summed E-state index contributed by atoms with van der Waals surface area (Å²) in [6.45, 7) is 7.15. The lowest BCUT2D eigenvalue weighted by Gasteiger charge is -2.32. The smallest absolute Gasteiger partial charge is 0.135 e. The summed E-state index contributed by atoms with van der Waals surface area (Å²) < 4.78 is 16.1. The summed E-state index contributed by atoms with van der Waals surface area (Å²) in [5, 5.41) is 6.10. The second-order valence-electron chi connectivity index (χ2n) is 13.8. The van der Waals surface area contributed by atoms with E-state index in [0.717, 1.165) is 66.4 Å². The van der Waals surface area contributed by atoms with Gasteiger partial charge in [-0.3, -0.25) is 0 Å². The van der Waals surface area contributed by atoms with Gasteiger partial charge in [0.05, 0.1) is 39.2 Å². The van der Waals surface area contributed by atoms with Crippen LogP contribution in [-0.4, -0.2) is 78.8 Å². The maximum Gasteiger partial charge on any atom is 0.135 e. The van der Waals surface area contributed by atoms with Gasteiger partial charge in [0.1, 0.15) is 21.9 Å². The molecule has 0 radical (unpaired) electrons. The number of hydrogen-bond donors (Lipinski definition) is 1. The molecule has 2 aliphatic rings. The molecule has 0 spiro atoms. The molecule has 2 atom stereocenters. The van der Waals surface area contributed by atoms with Gasteiger partial charge >= 0.3 is 0 Å². The van der Waals surface area contributed by atoms with Crippen LogP contribution in [0.5, 0.6) is 5.75 Å². The van der Waals surface area contributed by atoms with Crippen LogP contribution in [0.1, 0.15) is 65.9 Å². The largest absolute Gasteiger partial charge is 0.494 e. The minimum absolute atomic E-state index is 0.156. The van der Waals surface area contributed by atoms with Gasteiger partial charge in [-0.05, 0) is 142 Å². The third kappa shape index (κ3) is 9.57. The Bertz CT molecular complexity index is 1970. The van der Waals surface area contributed by atoms with Crippen LogP contribution in [0.3, 0.4) is 0 Å². The molecule has 272 valence electrons. The summed E-state index contributed by atoms with van der Waals surface area (Å²) in [6.07, 6.45) is 4.61. The van der Waals surface area contributed by atoms with Crippen molar-refractivity contribution in [1.82, 2.24) is 25.1 Å². The molecule has 2 saturated heterocycles. The van der Waals surface area contributed by atoms with Gasteiger partial charge in [0.15, 0.2) is 0 Å². The number of rotatable bonds is 10. The molecule has 2 aliphatic heterocycles. The zero-order chi connectivity index (χ0) is 35.9. The van der Waals surface area contributed by atoms with Crippen molar-refractivity contribution in [1.29, 1.82) is 0 Å². The molecular weight excluding hydrogens is 798 g/mol. The number of para-hydroxylation sites is 2. The normalized spacial score (nSPS) is 17.5. The molecule has 52 heavy (non-hydrogen) atoms. The van der Waals surface area contributed by atoms with Crippen molar-refractivity contribution in [3.05, 3.63) is 122 Å². The number of aromatic nitrogens is 2. The molecule has 2 fully saturated rings. The Hall–Kier alpha value is -2.97. The number of likely N-dealkylation sites (tertiary alicyclic amines) is 2. The molecule has 4 heterocycles. The first-order valence-electron chi connectivity index (χ1n) is 18.4. The first kappa shape index (κ1) is 37.3. The van der Waals surface area contributed by atoms with E-state index >= 15 is 0 Å². The number of ether oxygens (including phenoxy) is 2. The fourth-order valence-electron chi connectivity index (χ4n) is 6.95. The van der Waals surface area contributed by atoms with E-state index in [-0.39, 0.29) is 18.2 Å². The average Bonchev–Trinajstić information content (AvgIpc) is 3.80. The summed E-state index contributed by atoms with van der Waals surface area (Å²) >= 11 is 5.92. The number of hydrogen-bond acceptors (Lipinski definition) is 9. The van der Waals surface area contributed by atoms with Gasteiger partial charge in [-0.25, -0.2) is 9.97 Å². The van der Waals surface area contributed by atoms with E-state index in [0.29, 0.717) is 12.6 Å². The average molecular weight is 846 g/mol. The van der Waals surface area contributed by atoms with Crippen LogP contribution in [0.15, 0.2) is 97.1 Å².